The summed E-state index contributed by atoms with van der Waals surface area (Å²) in [6, 6.07) is 4.01. The van der Waals surface area contributed by atoms with Gasteiger partial charge in [-0.05, 0) is 24.3 Å². The Morgan fingerprint density at radius 1 is 1.42 bits per heavy atom. The van der Waals surface area contributed by atoms with Crippen LogP contribution in [0.2, 0.25) is 0 Å². The SMILES string of the molecule is Cn1cc(C(=O)N2CC3(CC3)C2)c(-c2cccs2)n1. The molecule has 0 atom stereocenters. The lowest BCUT2D eigenvalue weighted by atomic mass is 9.96. The zero-order valence-corrected chi connectivity index (χ0v) is 11.6. The average Bonchev–Trinajstić information content (AvgIpc) is 2.81. The molecule has 4 nitrogen and oxygen atoms in total. The standard InChI is InChI=1S/C14H15N3OS/c1-16-7-10(12(15-16)11-3-2-6-19-11)13(18)17-8-14(9-17)4-5-14/h2-3,6-7H,4-5,8-9H2,1H3. The predicted octanol–water partition coefficient (Wildman–Crippen LogP) is 2.38. The fraction of sp³-hybridized carbons (Fsp3) is 0.429. The third-order valence-electron chi connectivity index (χ3n) is 4.11. The number of nitrogens with zero attached hydrogens (tertiary/aromatic N) is 3. The number of carbonyl (C=O) groups excluding carboxylic acids is 1. The van der Waals surface area contributed by atoms with Crippen molar-refractivity contribution >= 4 is 17.2 Å². The van der Waals surface area contributed by atoms with Crippen molar-refractivity contribution in [2.24, 2.45) is 12.5 Å². The van der Waals surface area contributed by atoms with Crippen LogP contribution in [0.25, 0.3) is 10.6 Å². The second-order valence-electron chi connectivity index (χ2n) is 5.70. The lowest BCUT2D eigenvalue weighted by Gasteiger charge is -2.39. The number of hydrogen-bond acceptors (Lipinski definition) is 3. The Morgan fingerprint density at radius 3 is 2.84 bits per heavy atom. The predicted molar refractivity (Wildman–Crippen MR) is 74.1 cm³/mol. The fourth-order valence-corrected chi connectivity index (χ4v) is 3.53. The minimum absolute atomic E-state index is 0.133. The first kappa shape index (κ1) is 11.2. The number of rotatable bonds is 2. The highest BCUT2D eigenvalue weighted by Gasteiger charge is 2.54. The molecule has 1 amide bonds. The van der Waals surface area contributed by atoms with Gasteiger partial charge in [-0.1, -0.05) is 6.07 Å². The Balaban J connectivity index is 1.65. The Bertz CT molecular complexity index is 632. The van der Waals surface area contributed by atoms with Crippen molar-refractivity contribution in [3.63, 3.8) is 0 Å². The van der Waals surface area contributed by atoms with Crippen molar-refractivity contribution in [1.82, 2.24) is 14.7 Å². The van der Waals surface area contributed by atoms with Crippen LogP contribution in [0.3, 0.4) is 0 Å². The van der Waals surface area contributed by atoms with Crippen molar-refractivity contribution in [2.45, 2.75) is 12.8 Å². The first-order valence-electron chi connectivity index (χ1n) is 6.54. The highest BCUT2D eigenvalue weighted by atomic mass is 32.1. The molecule has 1 spiro atoms. The molecule has 2 fully saturated rings. The van der Waals surface area contributed by atoms with Crippen LogP contribution in [0.1, 0.15) is 23.2 Å². The Labute approximate surface area is 115 Å². The van der Waals surface area contributed by atoms with Gasteiger partial charge >= 0.3 is 0 Å². The largest absolute Gasteiger partial charge is 0.337 e. The number of aryl methyl sites for hydroxylation is 1. The Morgan fingerprint density at radius 2 is 2.21 bits per heavy atom. The van der Waals surface area contributed by atoms with Gasteiger partial charge in [-0.15, -0.1) is 11.3 Å². The summed E-state index contributed by atoms with van der Waals surface area (Å²) in [5.41, 5.74) is 2.06. The molecule has 0 radical (unpaired) electrons. The van der Waals surface area contributed by atoms with Crippen LogP contribution in [0, 0.1) is 5.41 Å². The molecule has 0 bridgehead atoms. The average molecular weight is 273 g/mol. The number of hydrogen-bond donors (Lipinski definition) is 0. The van der Waals surface area contributed by atoms with Crippen LogP contribution in [-0.4, -0.2) is 33.7 Å². The maximum absolute atomic E-state index is 12.5. The van der Waals surface area contributed by atoms with E-state index in [0.29, 0.717) is 5.41 Å². The zero-order valence-electron chi connectivity index (χ0n) is 10.8. The van der Waals surface area contributed by atoms with Gasteiger partial charge in [0.2, 0.25) is 0 Å². The van der Waals surface area contributed by atoms with Gasteiger partial charge < -0.3 is 4.90 Å². The van der Waals surface area contributed by atoms with Crippen molar-refractivity contribution < 1.29 is 4.79 Å². The number of aromatic nitrogens is 2. The van der Waals surface area contributed by atoms with Gasteiger partial charge in [0.1, 0.15) is 5.69 Å². The molecule has 1 aliphatic carbocycles. The van der Waals surface area contributed by atoms with E-state index in [1.165, 1.54) is 12.8 Å². The second kappa shape index (κ2) is 3.70. The molecule has 0 unspecified atom stereocenters. The smallest absolute Gasteiger partial charge is 0.257 e. The summed E-state index contributed by atoms with van der Waals surface area (Å²) in [7, 11) is 1.87. The molecule has 4 rings (SSSR count). The van der Waals surface area contributed by atoms with E-state index in [1.54, 1.807) is 16.0 Å². The minimum Gasteiger partial charge on any atom is -0.337 e. The van der Waals surface area contributed by atoms with Crippen LogP contribution < -0.4 is 0 Å². The summed E-state index contributed by atoms with van der Waals surface area (Å²) in [6.45, 7) is 1.87. The van der Waals surface area contributed by atoms with Crippen LogP contribution in [-0.2, 0) is 7.05 Å². The van der Waals surface area contributed by atoms with Gasteiger partial charge in [0, 0.05) is 31.7 Å². The number of thiophene rings is 1. The van der Waals surface area contributed by atoms with E-state index in [9.17, 15) is 4.79 Å². The molecule has 1 saturated carbocycles. The lowest BCUT2D eigenvalue weighted by molar-refractivity contribution is 0.0443. The Hall–Kier alpha value is -1.62. The first-order valence-corrected chi connectivity index (χ1v) is 7.42. The van der Waals surface area contributed by atoms with Crippen molar-refractivity contribution in [2.75, 3.05) is 13.1 Å². The topological polar surface area (TPSA) is 38.1 Å². The van der Waals surface area contributed by atoms with E-state index in [1.807, 2.05) is 35.7 Å². The van der Waals surface area contributed by atoms with E-state index >= 15 is 0 Å². The molecule has 1 saturated heterocycles. The maximum Gasteiger partial charge on any atom is 0.257 e. The molecular weight excluding hydrogens is 258 g/mol. The van der Waals surface area contributed by atoms with Gasteiger partial charge in [0.05, 0.1) is 10.4 Å². The minimum atomic E-state index is 0.133. The molecule has 2 aliphatic rings. The van der Waals surface area contributed by atoms with Crippen LogP contribution >= 0.6 is 11.3 Å². The van der Waals surface area contributed by atoms with Gasteiger partial charge in [-0.25, -0.2) is 0 Å². The molecule has 0 N–H and O–H groups in total. The van der Waals surface area contributed by atoms with Crippen molar-refractivity contribution in [3.8, 4) is 10.6 Å². The van der Waals surface area contributed by atoms with Crippen molar-refractivity contribution in [3.05, 3.63) is 29.3 Å². The van der Waals surface area contributed by atoms with E-state index in [2.05, 4.69) is 5.10 Å². The van der Waals surface area contributed by atoms with E-state index in [0.717, 1.165) is 29.2 Å². The van der Waals surface area contributed by atoms with Gasteiger partial charge in [-0.3, -0.25) is 9.48 Å². The summed E-state index contributed by atoms with van der Waals surface area (Å²) in [5.74, 6) is 0.133. The van der Waals surface area contributed by atoms with Crippen LogP contribution in [0.15, 0.2) is 23.7 Å². The summed E-state index contributed by atoms with van der Waals surface area (Å²) >= 11 is 1.62. The zero-order chi connectivity index (χ0) is 13.0. The summed E-state index contributed by atoms with van der Waals surface area (Å²) < 4.78 is 1.73. The number of likely N-dealkylation sites (tertiary alicyclic amines) is 1. The third-order valence-corrected chi connectivity index (χ3v) is 4.99. The van der Waals surface area contributed by atoms with Crippen molar-refractivity contribution in [1.29, 1.82) is 0 Å². The lowest BCUT2D eigenvalue weighted by Crippen LogP contribution is -2.51. The summed E-state index contributed by atoms with van der Waals surface area (Å²) in [5, 5.41) is 6.46. The fourth-order valence-electron chi connectivity index (χ4n) is 2.81. The molecular formula is C14H15N3OS. The van der Waals surface area contributed by atoms with E-state index in [4.69, 9.17) is 0 Å². The van der Waals surface area contributed by atoms with Gasteiger partial charge in [-0.2, -0.15) is 5.10 Å². The number of amides is 1. The molecule has 98 valence electrons. The second-order valence-corrected chi connectivity index (χ2v) is 6.65. The van der Waals surface area contributed by atoms with E-state index in [-0.39, 0.29) is 5.91 Å². The highest BCUT2D eigenvalue weighted by molar-refractivity contribution is 7.13. The normalized spacial score (nSPS) is 19.5. The molecule has 3 heterocycles. The quantitative estimate of drug-likeness (QED) is 0.842. The maximum atomic E-state index is 12.5. The molecule has 2 aromatic rings. The van der Waals surface area contributed by atoms with Gasteiger partial charge in [0.25, 0.3) is 5.91 Å². The molecule has 2 aromatic heterocycles. The highest BCUT2D eigenvalue weighted by Crippen LogP contribution is 2.53. The Kier molecular flexibility index (Phi) is 2.18. The van der Waals surface area contributed by atoms with E-state index < -0.39 is 0 Å². The molecule has 19 heavy (non-hydrogen) atoms. The third kappa shape index (κ3) is 1.72. The summed E-state index contributed by atoms with van der Waals surface area (Å²) in [6.07, 6.45) is 4.43. The molecule has 5 heteroatoms. The van der Waals surface area contributed by atoms with Crippen LogP contribution in [0.5, 0.6) is 0 Å². The van der Waals surface area contributed by atoms with Crippen LogP contribution in [0.4, 0.5) is 0 Å². The van der Waals surface area contributed by atoms with Gasteiger partial charge in [0.15, 0.2) is 0 Å². The summed E-state index contributed by atoms with van der Waals surface area (Å²) in [4.78, 5) is 15.6. The monoisotopic (exact) mass is 273 g/mol. The molecule has 1 aliphatic heterocycles. The first-order chi connectivity index (χ1) is 9.17. The number of carbonyl (C=O) groups is 1. The molecule has 0 aromatic carbocycles.